The monoisotopic (exact) mass is 931 g/mol. The minimum absolute atomic E-state index is 0.0115. The van der Waals surface area contributed by atoms with Gasteiger partial charge >= 0.3 is 0 Å². The highest BCUT2D eigenvalue weighted by molar-refractivity contribution is 7.00. The van der Waals surface area contributed by atoms with E-state index in [1.165, 1.54) is 122 Å². The lowest BCUT2D eigenvalue weighted by Gasteiger charge is -2.49. The van der Waals surface area contributed by atoms with E-state index < -0.39 is 0 Å². The molecule has 0 amide bonds. The fourth-order valence-electron chi connectivity index (χ4n) is 14.9. The quantitative estimate of drug-likeness (QED) is 0.129. The Hall–Kier alpha value is -4.70. The van der Waals surface area contributed by atoms with Gasteiger partial charge < -0.3 is 14.2 Å². The molecular formula is C66H83BN2O. The molecule has 70 heavy (non-hydrogen) atoms. The summed E-state index contributed by atoms with van der Waals surface area (Å²) in [5.74, 6) is 2.85. The molecule has 1 aromatic heterocycles. The van der Waals surface area contributed by atoms with E-state index in [1.807, 2.05) is 6.08 Å². The molecule has 0 spiro atoms. The zero-order chi connectivity index (χ0) is 50.0. The molecule has 3 nitrogen and oxygen atoms in total. The van der Waals surface area contributed by atoms with Crippen LogP contribution in [-0.2, 0) is 32.5 Å². The normalized spacial score (nSPS) is 25.6. The Bertz CT molecular complexity index is 3020. The van der Waals surface area contributed by atoms with E-state index in [0.29, 0.717) is 5.92 Å². The van der Waals surface area contributed by atoms with Crippen LogP contribution >= 0.6 is 0 Å². The first-order chi connectivity index (χ1) is 32.7. The summed E-state index contributed by atoms with van der Waals surface area (Å²) in [5, 5.41) is 0. The summed E-state index contributed by atoms with van der Waals surface area (Å²) in [4.78, 5) is 5.47. The maximum atomic E-state index is 7.84. The summed E-state index contributed by atoms with van der Waals surface area (Å²) in [5.41, 5.74) is 22.7. The molecule has 7 aliphatic rings. The number of hydrogen-bond acceptors (Lipinski definition) is 3. The molecule has 11 rings (SSSR count). The van der Waals surface area contributed by atoms with E-state index >= 15 is 0 Å². The van der Waals surface area contributed by atoms with E-state index in [9.17, 15) is 0 Å². The average molecular weight is 931 g/mol. The van der Waals surface area contributed by atoms with Crippen molar-refractivity contribution >= 4 is 57.3 Å². The summed E-state index contributed by atoms with van der Waals surface area (Å²) in [7, 11) is 0. The van der Waals surface area contributed by atoms with Crippen molar-refractivity contribution < 1.29 is 4.42 Å². The third kappa shape index (κ3) is 6.93. The predicted octanol–water partition coefficient (Wildman–Crippen LogP) is 16.3. The second-order valence-corrected chi connectivity index (χ2v) is 27.8. The summed E-state index contributed by atoms with van der Waals surface area (Å²) in [6.45, 7) is 43.6. The Kier molecular flexibility index (Phi) is 10.5. The molecule has 5 aliphatic carbocycles. The molecule has 0 radical (unpaired) electrons. The standard InChI is InChI=1S/C66H83BN2O/c1-18-20-21-41(19-2)42-34-53-56-54(35-42)69(44-22-24-45-40(3)26-27-60(4,5)47(45)36-44)59-57(55-58(70-59)66(16,17)33-32-65(55,14)15)67(56)51-38-49-50(64(12,13)31-30-63(49,10)11)39-52(51)68(53)43-23-25-46-48(37-43)62(8,9)29-28-61(46,6)7/h18-25,34-35,37-40,44H,1,26-33,36H2,2-17H3/b21-20-,41-19-. The average Bonchev–Trinajstić information content (AvgIpc) is 3.73. The van der Waals surface area contributed by atoms with Gasteiger partial charge in [0.25, 0.3) is 6.71 Å². The summed E-state index contributed by atoms with van der Waals surface area (Å²) >= 11 is 0. The fourth-order valence-corrected chi connectivity index (χ4v) is 14.9. The topological polar surface area (TPSA) is 19.6 Å². The van der Waals surface area contributed by atoms with Crippen LogP contribution in [0, 0.1) is 11.3 Å². The molecule has 2 unspecified atom stereocenters. The lowest BCUT2D eigenvalue weighted by atomic mass is 9.32. The van der Waals surface area contributed by atoms with Crippen molar-refractivity contribution in [2.75, 3.05) is 9.80 Å². The number of allylic oxidation sites excluding steroid dienone is 7. The Morgan fingerprint density at radius 3 is 1.91 bits per heavy atom. The highest BCUT2D eigenvalue weighted by Crippen LogP contribution is 2.56. The van der Waals surface area contributed by atoms with Crippen LogP contribution in [0.3, 0.4) is 0 Å². The molecule has 2 aliphatic heterocycles. The van der Waals surface area contributed by atoms with Crippen LogP contribution in [0.5, 0.6) is 0 Å². The lowest BCUT2D eigenvalue weighted by molar-refractivity contribution is 0.279. The molecule has 0 bridgehead atoms. The van der Waals surface area contributed by atoms with Gasteiger partial charge in [-0.3, -0.25) is 0 Å². The Labute approximate surface area is 423 Å². The van der Waals surface area contributed by atoms with Gasteiger partial charge in [-0.05, 0) is 194 Å². The van der Waals surface area contributed by atoms with Gasteiger partial charge in [-0.2, -0.15) is 0 Å². The number of nitrogens with zero attached hydrogens (tertiary/aromatic N) is 2. The van der Waals surface area contributed by atoms with Crippen LogP contribution in [-0.4, -0.2) is 12.8 Å². The van der Waals surface area contributed by atoms with Gasteiger partial charge in [-0.25, -0.2) is 0 Å². The van der Waals surface area contributed by atoms with Crippen LogP contribution in [0.15, 0.2) is 101 Å². The molecule has 0 saturated heterocycles. The molecule has 0 saturated carbocycles. The molecule has 0 fully saturated rings. The number of hydrogen-bond donors (Lipinski definition) is 0. The number of fused-ring (bicyclic) bond motifs is 8. The second-order valence-electron chi connectivity index (χ2n) is 27.8. The first-order valence-corrected chi connectivity index (χ1v) is 27.4. The highest BCUT2D eigenvalue weighted by atomic mass is 16.4. The van der Waals surface area contributed by atoms with Gasteiger partial charge in [0.15, 0.2) is 5.88 Å². The predicted molar refractivity (Wildman–Crippen MR) is 302 cm³/mol. The third-order valence-corrected chi connectivity index (χ3v) is 19.9. The maximum absolute atomic E-state index is 7.84. The Morgan fingerprint density at radius 2 is 1.26 bits per heavy atom. The third-order valence-electron chi connectivity index (χ3n) is 19.9. The summed E-state index contributed by atoms with van der Waals surface area (Å²) < 4.78 is 7.84. The van der Waals surface area contributed by atoms with Crippen LogP contribution in [0.1, 0.15) is 208 Å². The van der Waals surface area contributed by atoms with Crippen molar-refractivity contribution in [1.29, 1.82) is 0 Å². The number of benzene rings is 3. The molecule has 0 N–H and O–H groups in total. The largest absolute Gasteiger partial charge is 0.445 e. The zero-order valence-electron chi connectivity index (χ0n) is 46.1. The van der Waals surface area contributed by atoms with Crippen LogP contribution in [0.2, 0.25) is 0 Å². The van der Waals surface area contributed by atoms with E-state index in [0.717, 1.165) is 25.1 Å². The first kappa shape index (κ1) is 47.6. The van der Waals surface area contributed by atoms with E-state index in [-0.39, 0.29) is 50.7 Å². The van der Waals surface area contributed by atoms with E-state index in [4.69, 9.17) is 4.42 Å². The van der Waals surface area contributed by atoms with Crippen LogP contribution < -0.4 is 26.2 Å². The molecule has 2 atom stereocenters. The molecule has 366 valence electrons. The van der Waals surface area contributed by atoms with Crippen LogP contribution in [0.25, 0.3) is 5.57 Å². The zero-order valence-corrected chi connectivity index (χ0v) is 46.1. The van der Waals surface area contributed by atoms with Gasteiger partial charge in [-0.15, -0.1) is 0 Å². The van der Waals surface area contributed by atoms with Gasteiger partial charge in [0.1, 0.15) is 5.76 Å². The molecule has 3 aromatic carbocycles. The number of furan rings is 1. The fraction of sp³-hybridized carbons (Fsp3) is 0.515. The number of anilines is 5. The van der Waals surface area contributed by atoms with Crippen molar-refractivity contribution in [2.45, 2.75) is 207 Å². The SMILES string of the molecule is C=C/C=C\C(=C\C)c1cc2c3c(c1)N(C1C=CC4=C(C1)C(C)(C)CCC4C)c1oc4c(c1B3c1cc3c(cc1N2c1ccc2c(c1)C(C)(C)CCC2(C)C)C(C)(C)CCC3(C)C)C(C)(C)CCC4(C)C. The van der Waals surface area contributed by atoms with Gasteiger partial charge in [0.05, 0.1) is 6.04 Å². The molecular weight excluding hydrogens is 848 g/mol. The van der Waals surface area contributed by atoms with Gasteiger partial charge in [0, 0.05) is 28.2 Å². The maximum Gasteiger partial charge on any atom is 0.256 e. The highest BCUT2D eigenvalue weighted by Gasteiger charge is 2.54. The van der Waals surface area contributed by atoms with E-state index in [1.54, 1.807) is 11.1 Å². The molecule has 4 heteroatoms. The summed E-state index contributed by atoms with van der Waals surface area (Å²) in [6, 6.07) is 18.2. The first-order valence-electron chi connectivity index (χ1n) is 27.4. The van der Waals surface area contributed by atoms with E-state index in [2.05, 4.69) is 200 Å². The van der Waals surface area contributed by atoms with Gasteiger partial charge in [0.2, 0.25) is 0 Å². The smallest absolute Gasteiger partial charge is 0.256 e. The van der Waals surface area contributed by atoms with Crippen LogP contribution in [0.4, 0.5) is 28.6 Å². The van der Waals surface area contributed by atoms with Gasteiger partial charge in [-0.1, -0.05) is 165 Å². The van der Waals surface area contributed by atoms with Crippen molar-refractivity contribution in [1.82, 2.24) is 0 Å². The number of rotatable bonds is 5. The Morgan fingerprint density at radius 1 is 0.657 bits per heavy atom. The van der Waals surface area contributed by atoms with Crippen molar-refractivity contribution in [3.8, 4) is 0 Å². The van der Waals surface area contributed by atoms with Crippen molar-refractivity contribution in [3.05, 3.63) is 136 Å². The Balaban J connectivity index is 1.29. The summed E-state index contributed by atoms with van der Waals surface area (Å²) in [6.07, 6.45) is 24.1. The minimum atomic E-state index is -0.102. The molecule has 4 aromatic rings. The van der Waals surface area contributed by atoms with Crippen molar-refractivity contribution in [3.63, 3.8) is 0 Å². The second kappa shape index (κ2) is 15.4. The van der Waals surface area contributed by atoms with Crippen molar-refractivity contribution in [2.24, 2.45) is 11.3 Å². The molecule has 3 heterocycles. The minimum Gasteiger partial charge on any atom is -0.445 e. The lowest BCUT2D eigenvalue weighted by Crippen LogP contribution is -2.64.